The molecule has 1 aliphatic rings. The molecule has 0 aromatic heterocycles. The van der Waals surface area contributed by atoms with Crippen molar-refractivity contribution < 1.29 is 23.1 Å². The Kier molecular flexibility index (Phi) is 4.55. The van der Waals surface area contributed by atoms with Crippen molar-refractivity contribution in [3.63, 3.8) is 0 Å². The van der Waals surface area contributed by atoms with Crippen LogP contribution in [0.25, 0.3) is 0 Å². The molecule has 0 radical (unpaired) electrons. The van der Waals surface area contributed by atoms with Crippen molar-refractivity contribution in [3.8, 4) is 0 Å². The highest BCUT2D eigenvalue weighted by molar-refractivity contribution is 7.91. The van der Waals surface area contributed by atoms with Gasteiger partial charge >= 0.3 is 5.97 Å². The van der Waals surface area contributed by atoms with Crippen LogP contribution in [0.3, 0.4) is 0 Å². The lowest BCUT2D eigenvalue weighted by Gasteiger charge is -2.28. The Morgan fingerprint density at radius 2 is 1.42 bits per heavy atom. The minimum absolute atomic E-state index is 0.0524. The van der Waals surface area contributed by atoms with E-state index in [-0.39, 0.29) is 15.4 Å². The van der Waals surface area contributed by atoms with E-state index in [9.17, 15) is 13.2 Å². The first-order chi connectivity index (χ1) is 11.5. The van der Waals surface area contributed by atoms with Gasteiger partial charge in [-0.3, -0.25) is 0 Å². The van der Waals surface area contributed by atoms with Crippen molar-refractivity contribution in [3.05, 3.63) is 54.1 Å². The second kappa shape index (κ2) is 6.62. The van der Waals surface area contributed by atoms with Gasteiger partial charge in [0.2, 0.25) is 9.84 Å². The van der Waals surface area contributed by atoms with Gasteiger partial charge in [0.15, 0.2) is 0 Å². The van der Waals surface area contributed by atoms with Crippen LogP contribution in [0, 0.1) is 0 Å². The fourth-order valence-electron chi connectivity index (χ4n) is 2.57. The summed E-state index contributed by atoms with van der Waals surface area (Å²) in [5, 5.41) is 8.89. The van der Waals surface area contributed by atoms with Gasteiger partial charge < -0.3 is 14.7 Å². The number of anilines is 1. The Morgan fingerprint density at radius 1 is 0.917 bits per heavy atom. The molecule has 3 rings (SSSR count). The summed E-state index contributed by atoms with van der Waals surface area (Å²) in [4.78, 5) is 13.3. The van der Waals surface area contributed by atoms with Crippen molar-refractivity contribution in [2.24, 2.45) is 0 Å². The first kappa shape index (κ1) is 16.5. The molecule has 6 nitrogen and oxygen atoms in total. The van der Waals surface area contributed by atoms with Gasteiger partial charge in [0.25, 0.3) is 0 Å². The monoisotopic (exact) mass is 347 g/mol. The Bertz CT molecular complexity index is 822. The highest BCUT2D eigenvalue weighted by Gasteiger charge is 2.19. The molecule has 1 aliphatic heterocycles. The third-order valence-electron chi connectivity index (χ3n) is 3.93. The summed E-state index contributed by atoms with van der Waals surface area (Å²) in [6.45, 7) is 2.89. The van der Waals surface area contributed by atoms with E-state index in [1.807, 2.05) is 0 Å². The Balaban J connectivity index is 1.85. The summed E-state index contributed by atoms with van der Waals surface area (Å²) in [5.41, 5.74) is 1.01. The zero-order valence-corrected chi connectivity index (χ0v) is 13.7. The van der Waals surface area contributed by atoms with Crippen LogP contribution in [-0.4, -0.2) is 45.8 Å². The average molecular weight is 347 g/mol. The van der Waals surface area contributed by atoms with Crippen molar-refractivity contribution >= 4 is 21.5 Å². The number of carboxylic acid groups (broad SMARTS) is 1. The molecule has 1 N–H and O–H groups in total. The lowest BCUT2D eigenvalue weighted by Crippen LogP contribution is -2.36. The topological polar surface area (TPSA) is 83.9 Å². The number of carboxylic acids is 1. The summed E-state index contributed by atoms with van der Waals surface area (Å²) in [7, 11) is -3.67. The Labute approximate surface area is 140 Å². The first-order valence-corrected chi connectivity index (χ1v) is 8.98. The number of aromatic carboxylic acids is 1. The number of morpholine rings is 1. The molecule has 0 aliphatic carbocycles. The van der Waals surface area contributed by atoms with E-state index in [1.54, 1.807) is 24.3 Å². The Hall–Kier alpha value is -2.38. The van der Waals surface area contributed by atoms with Gasteiger partial charge in [-0.05, 0) is 48.5 Å². The summed E-state index contributed by atoms with van der Waals surface area (Å²) in [5.74, 6) is -1.09. The molecule has 0 saturated carbocycles. The van der Waals surface area contributed by atoms with E-state index in [0.717, 1.165) is 18.8 Å². The molecular formula is C17H17NO5S. The Morgan fingerprint density at radius 3 is 1.92 bits per heavy atom. The van der Waals surface area contributed by atoms with Crippen LogP contribution in [0.1, 0.15) is 10.4 Å². The van der Waals surface area contributed by atoms with E-state index >= 15 is 0 Å². The smallest absolute Gasteiger partial charge is 0.335 e. The lowest BCUT2D eigenvalue weighted by molar-refractivity contribution is 0.0696. The molecule has 7 heteroatoms. The van der Waals surface area contributed by atoms with E-state index in [0.29, 0.717) is 13.2 Å². The maximum atomic E-state index is 12.6. The SMILES string of the molecule is O=C(O)c1ccc(S(=O)(=O)c2ccc(N3CCOCC3)cc2)cc1. The summed E-state index contributed by atoms with van der Waals surface area (Å²) in [6, 6.07) is 11.9. The average Bonchev–Trinajstić information content (AvgIpc) is 2.62. The van der Waals surface area contributed by atoms with E-state index < -0.39 is 15.8 Å². The minimum Gasteiger partial charge on any atom is -0.478 e. The number of rotatable bonds is 4. The quantitative estimate of drug-likeness (QED) is 0.911. The number of carbonyl (C=O) groups is 1. The van der Waals surface area contributed by atoms with Gasteiger partial charge in [-0.1, -0.05) is 0 Å². The first-order valence-electron chi connectivity index (χ1n) is 7.50. The predicted molar refractivity (Wildman–Crippen MR) is 88.3 cm³/mol. The number of benzene rings is 2. The van der Waals surface area contributed by atoms with E-state index in [2.05, 4.69) is 4.90 Å². The number of sulfone groups is 1. The molecule has 0 bridgehead atoms. The summed E-state index contributed by atoms with van der Waals surface area (Å²) in [6.07, 6.45) is 0. The fourth-order valence-corrected chi connectivity index (χ4v) is 3.83. The van der Waals surface area contributed by atoms with Crippen LogP contribution in [-0.2, 0) is 14.6 Å². The molecule has 24 heavy (non-hydrogen) atoms. The number of nitrogens with zero attached hydrogens (tertiary/aromatic N) is 1. The molecule has 0 amide bonds. The van der Waals surface area contributed by atoms with Gasteiger partial charge in [-0.25, -0.2) is 13.2 Å². The van der Waals surface area contributed by atoms with Gasteiger partial charge in [-0.2, -0.15) is 0 Å². The molecule has 2 aromatic rings. The third kappa shape index (κ3) is 3.27. The zero-order valence-electron chi connectivity index (χ0n) is 12.9. The standard InChI is InChI=1S/C17H17NO5S/c19-17(20)13-1-5-15(6-2-13)24(21,22)16-7-3-14(4-8-16)18-9-11-23-12-10-18/h1-8H,9-12H2,(H,19,20). The van der Waals surface area contributed by atoms with Gasteiger partial charge in [0, 0.05) is 18.8 Å². The van der Waals surface area contributed by atoms with Gasteiger partial charge in [-0.15, -0.1) is 0 Å². The second-order valence-corrected chi connectivity index (χ2v) is 7.38. The van der Waals surface area contributed by atoms with Crippen LogP contribution in [0.15, 0.2) is 58.3 Å². The van der Waals surface area contributed by atoms with Crippen molar-refractivity contribution in [2.45, 2.75) is 9.79 Å². The molecule has 1 heterocycles. The van der Waals surface area contributed by atoms with E-state index in [4.69, 9.17) is 9.84 Å². The largest absolute Gasteiger partial charge is 0.478 e. The van der Waals surface area contributed by atoms with Gasteiger partial charge in [0.1, 0.15) is 0 Å². The number of hydrogen-bond acceptors (Lipinski definition) is 5. The third-order valence-corrected chi connectivity index (χ3v) is 5.72. The maximum Gasteiger partial charge on any atom is 0.335 e. The maximum absolute atomic E-state index is 12.6. The number of hydrogen-bond donors (Lipinski definition) is 1. The van der Waals surface area contributed by atoms with Crippen LogP contribution in [0.4, 0.5) is 5.69 Å². The molecule has 1 saturated heterocycles. The van der Waals surface area contributed by atoms with Crippen molar-refractivity contribution in [1.82, 2.24) is 0 Å². The van der Waals surface area contributed by atoms with Crippen LogP contribution < -0.4 is 4.90 Å². The van der Waals surface area contributed by atoms with E-state index in [1.165, 1.54) is 24.3 Å². The van der Waals surface area contributed by atoms with Crippen molar-refractivity contribution in [1.29, 1.82) is 0 Å². The zero-order chi connectivity index (χ0) is 17.2. The highest BCUT2D eigenvalue weighted by Crippen LogP contribution is 2.24. The number of ether oxygens (including phenoxy) is 1. The van der Waals surface area contributed by atoms with Crippen molar-refractivity contribution in [2.75, 3.05) is 31.2 Å². The summed E-state index contributed by atoms with van der Waals surface area (Å²) >= 11 is 0. The molecule has 2 aromatic carbocycles. The molecule has 0 atom stereocenters. The summed E-state index contributed by atoms with van der Waals surface area (Å²) < 4.78 is 30.5. The lowest BCUT2D eigenvalue weighted by atomic mass is 10.2. The molecule has 0 spiro atoms. The highest BCUT2D eigenvalue weighted by atomic mass is 32.2. The van der Waals surface area contributed by atoms with Crippen LogP contribution >= 0.6 is 0 Å². The second-order valence-electron chi connectivity index (χ2n) is 5.43. The molecule has 1 fully saturated rings. The van der Waals surface area contributed by atoms with Gasteiger partial charge in [0.05, 0.1) is 28.6 Å². The minimum atomic E-state index is -3.67. The fraction of sp³-hybridized carbons (Fsp3) is 0.235. The van der Waals surface area contributed by atoms with Crippen LogP contribution in [0.5, 0.6) is 0 Å². The molecule has 126 valence electrons. The normalized spacial score (nSPS) is 15.2. The molecule has 0 unspecified atom stereocenters. The predicted octanol–water partition coefficient (Wildman–Crippen LogP) is 2.05. The molecular weight excluding hydrogens is 330 g/mol. The van der Waals surface area contributed by atoms with Crippen LogP contribution in [0.2, 0.25) is 0 Å².